The average Bonchev–Trinajstić information content (AvgIpc) is 2.86. The van der Waals surface area contributed by atoms with E-state index in [1.165, 1.54) is 0 Å². The van der Waals surface area contributed by atoms with E-state index in [2.05, 4.69) is 24.3 Å². The lowest BCUT2D eigenvalue weighted by atomic mass is 10.1. The number of halogens is 3. The molecule has 6 heteroatoms. The lowest BCUT2D eigenvalue weighted by Crippen LogP contribution is -2.25. The van der Waals surface area contributed by atoms with Gasteiger partial charge in [0.05, 0.1) is 6.54 Å². The highest BCUT2D eigenvalue weighted by atomic mass is 35.5. The van der Waals surface area contributed by atoms with Crippen molar-refractivity contribution in [3.05, 3.63) is 46.7 Å². The third-order valence-electron chi connectivity index (χ3n) is 3.15. The highest BCUT2D eigenvalue weighted by molar-refractivity contribution is 6.31. The fourth-order valence-electron chi connectivity index (χ4n) is 1.89. The SMILES string of the molecule is Cc1ccc(-c2ccc(CNCCN(C)C)o2)cc1Cl.Cl.Cl. The van der Waals surface area contributed by atoms with Gasteiger partial charge in [-0.05, 0) is 44.8 Å². The number of benzene rings is 1. The van der Waals surface area contributed by atoms with Crippen molar-refractivity contribution in [1.82, 2.24) is 10.2 Å². The molecule has 1 heterocycles. The van der Waals surface area contributed by atoms with Crippen molar-refractivity contribution < 1.29 is 4.42 Å². The molecule has 0 aliphatic rings. The Balaban J connectivity index is 0.00000220. The molecule has 1 aromatic heterocycles. The Morgan fingerprint density at radius 3 is 2.50 bits per heavy atom. The van der Waals surface area contributed by atoms with Gasteiger partial charge in [0.2, 0.25) is 0 Å². The van der Waals surface area contributed by atoms with E-state index in [1.54, 1.807) is 0 Å². The Morgan fingerprint density at radius 1 is 1.14 bits per heavy atom. The van der Waals surface area contributed by atoms with Crippen LogP contribution in [0.5, 0.6) is 0 Å². The van der Waals surface area contributed by atoms with E-state index >= 15 is 0 Å². The number of hydrogen-bond donors (Lipinski definition) is 1. The number of aryl methyl sites for hydroxylation is 1. The molecule has 3 nitrogen and oxygen atoms in total. The maximum absolute atomic E-state index is 6.14. The second-order valence-electron chi connectivity index (χ2n) is 5.21. The van der Waals surface area contributed by atoms with E-state index in [0.717, 1.165) is 47.3 Å². The lowest BCUT2D eigenvalue weighted by molar-refractivity contribution is 0.392. The number of nitrogens with zero attached hydrogens (tertiary/aromatic N) is 1. The predicted molar refractivity (Wildman–Crippen MR) is 98.6 cm³/mol. The van der Waals surface area contributed by atoms with E-state index in [9.17, 15) is 0 Å². The topological polar surface area (TPSA) is 28.4 Å². The van der Waals surface area contributed by atoms with Crippen molar-refractivity contribution in [3.8, 4) is 11.3 Å². The standard InChI is InChI=1S/C16H21ClN2O.2ClH/c1-12-4-5-13(10-15(12)17)16-7-6-14(20-16)11-18-8-9-19(2)3;;/h4-7,10,18H,8-9,11H2,1-3H3;2*1H. The Hall–Kier alpha value is -0.710. The molecule has 1 aromatic carbocycles. The van der Waals surface area contributed by atoms with Crippen molar-refractivity contribution >= 4 is 36.4 Å². The molecule has 0 aliphatic heterocycles. The molecule has 0 unspecified atom stereocenters. The largest absolute Gasteiger partial charge is 0.460 e. The van der Waals surface area contributed by atoms with Crippen LogP contribution in [-0.4, -0.2) is 32.1 Å². The summed E-state index contributed by atoms with van der Waals surface area (Å²) < 4.78 is 5.84. The van der Waals surface area contributed by atoms with Crippen molar-refractivity contribution in [1.29, 1.82) is 0 Å². The molecule has 0 aliphatic carbocycles. The molecule has 0 bridgehead atoms. The van der Waals surface area contributed by atoms with Crippen LogP contribution in [0.4, 0.5) is 0 Å². The van der Waals surface area contributed by atoms with Gasteiger partial charge in [0.25, 0.3) is 0 Å². The van der Waals surface area contributed by atoms with Crippen LogP contribution in [0.2, 0.25) is 5.02 Å². The van der Waals surface area contributed by atoms with Gasteiger partial charge in [0.1, 0.15) is 11.5 Å². The molecule has 2 aromatic rings. The van der Waals surface area contributed by atoms with E-state index in [1.807, 2.05) is 37.3 Å². The summed E-state index contributed by atoms with van der Waals surface area (Å²) in [4.78, 5) is 2.15. The van der Waals surface area contributed by atoms with Crippen molar-refractivity contribution in [2.75, 3.05) is 27.2 Å². The van der Waals surface area contributed by atoms with Gasteiger partial charge in [0, 0.05) is 23.7 Å². The Morgan fingerprint density at radius 2 is 1.86 bits per heavy atom. The molecule has 0 fully saturated rings. The van der Waals surface area contributed by atoms with Gasteiger partial charge >= 0.3 is 0 Å². The van der Waals surface area contributed by atoms with Gasteiger partial charge in [0.15, 0.2) is 0 Å². The van der Waals surface area contributed by atoms with Crippen LogP contribution in [-0.2, 0) is 6.54 Å². The van der Waals surface area contributed by atoms with Gasteiger partial charge in [-0.1, -0.05) is 23.7 Å². The van der Waals surface area contributed by atoms with Crippen molar-refractivity contribution in [2.24, 2.45) is 0 Å². The third kappa shape index (κ3) is 6.19. The van der Waals surface area contributed by atoms with E-state index in [0.29, 0.717) is 0 Å². The molecule has 22 heavy (non-hydrogen) atoms. The summed E-state index contributed by atoms with van der Waals surface area (Å²) >= 11 is 6.14. The Kier molecular flexibility index (Phi) is 9.81. The minimum atomic E-state index is 0. The smallest absolute Gasteiger partial charge is 0.134 e. The van der Waals surface area contributed by atoms with Crippen LogP contribution in [0, 0.1) is 6.92 Å². The van der Waals surface area contributed by atoms with Crippen LogP contribution in [0.25, 0.3) is 11.3 Å². The summed E-state index contributed by atoms with van der Waals surface area (Å²) in [5, 5.41) is 4.12. The maximum atomic E-state index is 6.14. The van der Waals surface area contributed by atoms with Gasteiger partial charge in [-0.2, -0.15) is 0 Å². The second-order valence-corrected chi connectivity index (χ2v) is 5.62. The number of furan rings is 1. The molecule has 0 atom stereocenters. The fourth-order valence-corrected chi connectivity index (χ4v) is 2.07. The Labute approximate surface area is 149 Å². The van der Waals surface area contributed by atoms with Gasteiger partial charge in [-0.15, -0.1) is 24.8 Å². The third-order valence-corrected chi connectivity index (χ3v) is 3.56. The number of likely N-dealkylation sites (N-methyl/N-ethyl adjacent to an activating group) is 1. The van der Waals surface area contributed by atoms with Crippen LogP contribution in [0.15, 0.2) is 34.7 Å². The molecule has 0 amide bonds. The first-order valence-corrected chi connectivity index (χ1v) is 7.15. The summed E-state index contributed by atoms with van der Waals surface area (Å²) in [6, 6.07) is 9.98. The highest BCUT2D eigenvalue weighted by Gasteiger charge is 2.06. The molecule has 124 valence electrons. The zero-order valence-corrected chi connectivity index (χ0v) is 15.4. The first-order valence-electron chi connectivity index (χ1n) is 6.77. The van der Waals surface area contributed by atoms with E-state index < -0.39 is 0 Å². The normalized spacial score (nSPS) is 10.2. The second kappa shape index (κ2) is 10.1. The summed E-state index contributed by atoms with van der Waals surface area (Å²) in [5.41, 5.74) is 2.09. The average molecular weight is 366 g/mol. The van der Waals surface area contributed by atoms with Gasteiger partial charge in [-0.3, -0.25) is 0 Å². The number of hydrogen-bond acceptors (Lipinski definition) is 3. The van der Waals surface area contributed by atoms with E-state index in [4.69, 9.17) is 16.0 Å². The van der Waals surface area contributed by atoms with E-state index in [-0.39, 0.29) is 24.8 Å². The van der Waals surface area contributed by atoms with Crippen molar-refractivity contribution in [3.63, 3.8) is 0 Å². The quantitative estimate of drug-likeness (QED) is 0.769. The molecular formula is C16H23Cl3N2O. The molecular weight excluding hydrogens is 343 g/mol. The zero-order chi connectivity index (χ0) is 14.5. The number of rotatable bonds is 6. The summed E-state index contributed by atoms with van der Waals surface area (Å²) in [6.07, 6.45) is 0. The van der Waals surface area contributed by atoms with Gasteiger partial charge in [-0.25, -0.2) is 0 Å². The minimum Gasteiger partial charge on any atom is -0.460 e. The van der Waals surface area contributed by atoms with Gasteiger partial charge < -0.3 is 14.6 Å². The lowest BCUT2D eigenvalue weighted by Gasteiger charge is -2.09. The Bertz CT molecular complexity index is 570. The summed E-state index contributed by atoms with van der Waals surface area (Å²) in [5.74, 6) is 1.80. The highest BCUT2D eigenvalue weighted by Crippen LogP contribution is 2.26. The maximum Gasteiger partial charge on any atom is 0.134 e. The summed E-state index contributed by atoms with van der Waals surface area (Å²) in [6.45, 7) is 4.70. The van der Waals surface area contributed by atoms with Crippen LogP contribution >= 0.6 is 36.4 Å². The molecule has 0 spiro atoms. The first kappa shape index (κ1) is 21.3. The van der Waals surface area contributed by atoms with Crippen LogP contribution in [0.1, 0.15) is 11.3 Å². The van der Waals surface area contributed by atoms with Crippen LogP contribution in [0.3, 0.4) is 0 Å². The predicted octanol–water partition coefficient (Wildman–Crippen LogP) is 4.40. The van der Waals surface area contributed by atoms with Crippen molar-refractivity contribution in [2.45, 2.75) is 13.5 Å². The first-order chi connectivity index (χ1) is 9.56. The number of nitrogens with one attached hydrogen (secondary N) is 1. The molecule has 1 N–H and O–H groups in total. The minimum absolute atomic E-state index is 0. The zero-order valence-electron chi connectivity index (χ0n) is 13.1. The fraction of sp³-hybridized carbons (Fsp3) is 0.375. The monoisotopic (exact) mass is 364 g/mol. The molecule has 0 radical (unpaired) electrons. The molecule has 2 rings (SSSR count). The molecule has 0 saturated carbocycles. The van der Waals surface area contributed by atoms with Crippen LogP contribution < -0.4 is 5.32 Å². The summed E-state index contributed by atoms with van der Waals surface area (Å²) in [7, 11) is 4.13. The molecule has 0 saturated heterocycles.